The van der Waals surface area contributed by atoms with E-state index in [1.165, 1.54) is 11.3 Å². The molecule has 1 aromatic heterocycles. The van der Waals surface area contributed by atoms with Crippen LogP contribution in [0.15, 0.2) is 30.3 Å². The van der Waals surface area contributed by atoms with Gasteiger partial charge in [-0.05, 0) is 37.3 Å². The first-order valence-electron chi connectivity index (χ1n) is 7.08. The molecule has 1 aromatic carbocycles. The summed E-state index contributed by atoms with van der Waals surface area (Å²) in [5.74, 6) is -1.06. The summed E-state index contributed by atoms with van der Waals surface area (Å²) in [4.78, 5) is 26.3. The van der Waals surface area contributed by atoms with E-state index in [1.807, 2.05) is 42.2 Å². The van der Waals surface area contributed by atoms with E-state index in [9.17, 15) is 9.59 Å². The van der Waals surface area contributed by atoms with Gasteiger partial charge < -0.3 is 10.0 Å². The molecule has 1 N–H and O–H groups in total. The Morgan fingerprint density at radius 2 is 2.10 bits per heavy atom. The van der Waals surface area contributed by atoms with Crippen LogP contribution >= 0.6 is 11.3 Å². The molecule has 4 nitrogen and oxygen atoms in total. The molecule has 0 aliphatic carbocycles. The van der Waals surface area contributed by atoms with Crippen LogP contribution in [0.5, 0.6) is 0 Å². The molecule has 2 heterocycles. The summed E-state index contributed by atoms with van der Waals surface area (Å²) >= 11 is 1.50. The molecule has 1 saturated heterocycles. The fraction of sp³-hybridized carbons (Fsp3) is 0.375. The maximum Gasteiger partial charge on any atom is 0.306 e. The monoisotopic (exact) mass is 303 g/mol. The Kier molecular flexibility index (Phi) is 3.68. The molecular formula is C16H17NO3S. The number of rotatable bonds is 2. The number of likely N-dealkylation sites (tertiary alicyclic amines) is 1. The van der Waals surface area contributed by atoms with E-state index in [2.05, 4.69) is 0 Å². The normalized spacial score (nSPS) is 22.4. The van der Waals surface area contributed by atoms with Gasteiger partial charge in [0.15, 0.2) is 0 Å². The van der Waals surface area contributed by atoms with Gasteiger partial charge >= 0.3 is 5.97 Å². The van der Waals surface area contributed by atoms with E-state index < -0.39 is 5.97 Å². The summed E-state index contributed by atoms with van der Waals surface area (Å²) in [7, 11) is 0. The standard InChI is InChI=1S/C16H17NO3S/c1-10-8-12(16(19)20)6-7-17(10)15(18)14-9-11-4-2-3-5-13(11)21-14/h2-5,9-10,12H,6-8H2,1H3,(H,19,20). The van der Waals surface area contributed by atoms with Crippen LogP contribution in [0.4, 0.5) is 0 Å². The second-order valence-electron chi connectivity index (χ2n) is 5.56. The number of fused-ring (bicyclic) bond motifs is 1. The van der Waals surface area contributed by atoms with Gasteiger partial charge in [0, 0.05) is 17.3 Å². The lowest BCUT2D eigenvalue weighted by Gasteiger charge is -2.36. The third-order valence-electron chi connectivity index (χ3n) is 4.12. The number of aliphatic carboxylic acids is 1. The average Bonchev–Trinajstić information content (AvgIpc) is 2.90. The van der Waals surface area contributed by atoms with Crippen molar-refractivity contribution < 1.29 is 14.7 Å². The lowest BCUT2D eigenvalue weighted by atomic mass is 9.91. The molecule has 2 aromatic rings. The topological polar surface area (TPSA) is 57.6 Å². The van der Waals surface area contributed by atoms with Crippen molar-refractivity contribution in [2.24, 2.45) is 5.92 Å². The molecule has 1 amide bonds. The van der Waals surface area contributed by atoms with Crippen LogP contribution in [-0.2, 0) is 4.79 Å². The van der Waals surface area contributed by atoms with Crippen LogP contribution in [0.3, 0.4) is 0 Å². The Labute approximate surface area is 127 Å². The molecular weight excluding hydrogens is 286 g/mol. The third-order valence-corrected chi connectivity index (χ3v) is 5.23. The van der Waals surface area contributed by atoms with Crippen molar-refractivity contribution in [1.29, 1.82) is 0 Å². The zero-order chi connectivity index (χ0) is 15.0. The molecule has 0 radical (unpaired) electrons. The number of nitrogens with zero attached hydrogens (tertiary/aromatic N) is 1. The van der Waals surface area contributed by atoms with Gasteiger partial charge in [-0.15, -0.1) is 11.3 Å². The fourth-order valence-electron chi connectivity index (χ4n) is 2.93. The van der Waals surface area contributed by atoms with Gasteiger partial charge in [-0.25, -0.2) is 0 Å². The molecule has 2 atom stereocenters. The minimum Gasteiger partial charge on any atom is -0.481 e. The van der Waals surface area contributed by atoms with E-state index in [1.54, 1.807) is 0 Å². The zero-order valence-corrected chi connectivity index (χ0v) is 12.6. The SMILES string of the molecule is CC1CC(C(=O)O)CCN1C(=O)c1cc2ccccc2s1. The second kappa shape index (κ2) is 5.48. The largest absolute Gasteiger partial charge is 0.481 e. The highest BCUT2D eigenvalue weighted by molar-refractivity contribution is 7.20. The van der Waals surface area contributed by atoms with E-state index in [-0.39, 0.29) is 17.9 Å². The van der Waals surface area contributed by atoms with Crippen LogP contribution in [-0.4, -0.2) is 34.5 Å². The Hall–Kier alpha value is -1.88. The van der Waals surface area contributed by atoms with Gasteiger partial charge in [-0.2, -0.15) is 0 Å². The van der Waals surface area contributed by atoms with Gasteiger partial charge in [-0.3, -0.25) is 9.59 Å². The highest BCUT2D eigenvalue weighted by Gasteiger charge is 2.33. The number of thiophene rings is 1. The summed E-state index contributed by atoms with van der Waals surface area (Å²) in [6, 6.07) is 9.84. The van der Waals surface area contributed by atoms with E-state index in [4.69, 9.17) is 5.11 Å². The van der Waals surface area contributed by atoms with Crippen molar-refractivity contribution in [2.45, 2.75) is 25.8 Å². The van der Waals surface area contributed by atoms with Crippen LogP contribution in [0.1, 0.15) is 29.4 Å². The number of piperidine rings is 1. The smallest absolute Gasteiger partial charge is 0.306 e. The third kappa shape index (κ3) is 2.65. The van der Waals surface area contributed by atoms with Gasteiger partial charge in [0.1, 0.15) is 0 Å². The molecule has 1 fully saturated rings. The van der Waals surface area contributed by atoms with Crippen molar-refractivity contribution in [3.8, 4) is 0 Å². The molecule has 3 rings (SSSR count). The lowest BCUT2D eigenvalue weighted by Crippen LogP contribution is -2.45. The van der Waals surface area contributed by atoms with Crippen LogP contribution in [0.25, 0.3) is 10.1 Å². The predicted molar refractivity (Wildman–Crippen MR) is 82.7 cm³/mol. The first-order chi connectivity index (χ1) is 10.1. The number of carbonyl (C=O) groups is 2. The van der Waals surface area contributed by atoms with Gasteiger partial charge in [-0.1, -0.05) is 18.2 Å². The summed E-state index contributed by atoms with van der Waals surface area (Å²) in [5, 5.41) is 10.2. The van der Waals surface area contributed by atoms with E-state index in [0.29, 0.717) is 19.4 Å². The molecule has 21 heavy (non-hydrogen) atoms. The number of hydrogen-bond donors (Lipinski definition) is 1. The maximum atomic E-state index is 12.6. The number of carboxylic acids is 1. The van der Waals surface area contributed by atoms with Gasteiger partial charge in [0.2, 0.25) is 0 Å². The number of benzene rings is 1. The molecule has 110 valence electrons. The van der Waals surface area contributed by atoms with Crippen molar-refractivity contribution in [3.05, 3.63) is 35.2 Å². The van der Waals surface area contributed by atoms with Crippen molar-refractivity contribution in [2.75, 3.05) is 6.54 Å². The zero-order valence-electron chi connectivity index (χ0n) is 11.8. The first kappa shape index (κ1) is 14.1. The van der Waals surface area contributed by atoms with Crippen LogP contribution in [0.2, 0.25) is 0 Å². The summed E-state index contributed by atoms with van der Waals surface area (Å²) in [5.41, 5.74) is 0. The molecule has 0 saturated carbocycles. The second-order valence-corrected chi connectivity index (χ2v) is 6.64. The summed E-state index contributed by atoms with van der Waals surface area (Å²) < 4.78 is 1.11. The van der Waals surface area contributed by atoms with E-state index in [0.717, 1.165) is 15.0 Å². The molecule has 0 bridgehead atoms. The number of carbonyl (C=O) groups excluding carboxylic acids is 1. The number of carboxylic acid groups (broad SMARTS) is 1. The average molecular weight is 303 g/mol. The Bertz CT molecular complexity index is 661. The molecule has 1 aliphatic heterocycles. The minimum atomic E-state index is -0.754. The van der Waals surface area contributed by atoms with Gasteiger partial charge in [0.25, 0.3) is 5.91 Å². The van der Waals surface area contributed by atoms with Crippen molar-refractivity contribution >= 4 is 33.3 Å². The molecule has 0 spiro atoms. The van der Waals surface area contributed by atoms with Gasteiger partial charge in [0.05, 0.1) is 10.8 Å². The fourth-order valence-corrected chi connectivity index (χ4v) is 3.95. The highest BCUT2D eigenvalue weighted by atomic mass is 32.1. The Balaban J connectivity index is 1.80. The Morgan fingerprint density at radius 1 is 1.33 bits per heavy atom. The maximum absolute atomic E-state index is 12.6. The lowest BCUT2D eigenvalue weighted by molar-refractivity contribution is -0.143. The van der Waals surface area contributed by atoms with Crippen LogP contribution in [0, 0.1) is 5.92 Å². The Morgan fingerprint density at radius 3 is 2.76 bits per heavy atom. The first-order valence-corrected chi connectivity index (χ1v) is 7.90. The van der Waals surface area contributed by atoms with Crippen LogP contribution < -0.4 is 0 Å². The molecule has 2 unspecified atom stereocenters. The molecule has 5 heteroatoms. The quantitative estimate of drug-likeness (QED) is 0.926. The van der Waals surface area contributed by atoms with Crippen molar-refractivity contribution in [1.82, 2.24) is 4.90 Å². The van der Waals surface area contributed by atoms with E-state index >= 15 is 0 Å². The minimum absolute atomic E-state index is 0.0209. The predicted octanol–water partition coefficient (Wildman–Crippen LogP) is 3.23. The number of hydrogen-bond acceptors (Lipinski definition) is 3. The summed E-state index contributed by atoms with van der Waals surface area (Å²) in [6.07, 6.45) is 1.07. The summed E-state index contributed by atoms with van der Waals surface area (Å²) in [6.45, 7) is 2.45. The number of amides is 1. The van der Waals surface area contributed by atoms with Crippen molar-refractivity contribution in [3.63, 3.8) is 0 Å². The highest BCUT2D eigenvalue weighted by Crippen LogP contribution is 2.29. The molecule has 1 aliphatic rings.